The van der Waals surface area contributed by atoms with E-state index >= 15 is 0 Å². The van der Waals surface area contributed by atoms with Crippen molar-refractivity contribution in [2.75, 3.05) is 0 Å². The van der Waals surface area contributed by atoms with E-state index in [2.05, 4.69) is 26.1 Å². The van der Waals surface area contributed by atoms with Crippen molar-refractivity contribution in [3.05, 3.63) is 81.3 Å². The van der Waals surface area contributed by atoms with Crippen molar-refractivity contribution in [1.82, 2.24) is 10.1 Å². The molecule has 0 aliphatic carbocycles. The first-order valence-corrected chi connectivity index (χ1v) is 10.6. The van der Waals surface area contributed by atoms with Crippen molar-refractivity contribution < 1.29 is 19.2 Å². The van der Waals surface area contributed by atoms with Gasteiger partial charge in [-0.2, -0.15) is 0 Å². The van der Waals surface area contributed by atoms with E-state index in [1.807, 2.05) is 56.3 Å². The molecule has 6 nitrogen and oxygen atoms in total. The fourth-order valence-electron chi connectivity index (χ4n) is 3.66. The highest BCUT2D eigenvalue weighted by Crippen LogP contribution is 2.39. The van der Waals surface area contributed by atoms with Gasteiger partial charge in [-0.3, -0.25) is 4.98 Å². The molecule has 7 heteroatoms. The summed E-state index contributed by atoms with van der Waals surface area (Å²) in [6.45, 7) is 5.61. The Morgan fingerprint density at radius 1 is 1.13 bits per heavy atom. The predicted octanol–water partition coefficient (Wildman–Crippen LogP) is 5.92. The number of carbonyl (C=O) groups is 1. The molecule has 31 heavy (non-hydrogen) atoms. The van der Waals surface area contributed by atoms with Crippen molar-refractivity contribution in [1.29, 1.82) is 0 Å². The second kappa shape index (κ2) is 8.61. The molecule has 0 fully saturated rings. The van der Waals surface area contributed by atoms with Crippen LogP contribution in [0.25, 0.3) is 22.0 Å². The summed E-state index contributed by atoms with van der Waals surface area (Å²) in [6.07, 6.45) is -1.22. The van der Waals surface area contributed by atoms with Crippen LogP contribution >= 0.6 is 15.9 Å². The van der Waals surface area contributed by atoms with Crippen LogP contribution in [-0.4, -0.2) is 21.2 Å². The second-order valence-corrected chi connectivity index (χ2v) is 8.39. The molecule has 158 valence electrons. The first-order valence-electron chi connectivity index (χ1n) is 9.77. The molecule has 0 aliphatic heterocycles. The molecule has 0 saturated heterocycles. The fourth-order valence-corrected chi connectivity index (χ4v) is 4.02. The lowest BCUT2D eigenvalue weighted by atomic mass is 9.91. The van der Waals surface area contributed by atoms with E-state index < -0.39 is 12.1 Å². The van der Waals surface area contributed by atoms with Crippen molar-refractivity contribution in [2.45, 2.75) is 33.5 Å². The van der Waals surface area contributed by atoms with Crippen LogP contribution in [0.3, 0.4) is 0 Å². The highest BCUT2D eigenvalue weighted by molar-refractivity contribution is 9.10. The van der Waals surface area contributed by atoms with Crippen molar-refractivity contribution >= 4 is 32.8 Å². The summed E-state index contributed by atoms with van der Waals surface area (Å²) in [7, 11) is 0. The van der Waals surface area contributed by atoms with E-state index in [4.69, 9.17) is 9.26 Å². The van der Waals surface area contributed by atoms with Crippen LogP contribution in [0.1, 0.15) is 34.4 Å². The van der Waals surface area contributed by atoms with Gasteiger partial charge in [-0.1, -0.05) is 50.9 Å². The Kier molecular flexibility index (Phi) is 5.89. The Bertz CT molecular complexity index is 1260. The number of aromatic nitrogens is 2. The molecule has 0 spiro atoms. The van der Waals surface area contributed by atoms with E-state index in [9.17, 15) is 9.90 Å². The third kappa shape index (κ3) is 4.38. The highest BCUT2D eigenvalue weighted by Gasteiger charge is 2.29. The number of nitrogens with zero attached hydrogens (tertiary/aromatic N) is 2. The van der Waals surface area contributed by atoms with Gasteiger partial charge in [-0.15, -0.1) is 0 Å². The normalized spacial score (nSPS) is 12.3. The Hall–Kier alpha value is -3.03. The minimum atomic E-state index is -1.22. The number of ether oxygens (including phenoxy) is 1. The van der Waals surface area contributed by atoms with Crippen molar-refractivity contribution in [2.24, 2.45) is 0 Å². The summed E-state index contributed by atoms with van der Waals surface area (Å²) in [5.74, 6) is -0.452. The standard InChI is InChI=1S/C24H21BrN2O4/c1-13-4-6-16(7-5-13)22-19-11-17(25)8-9-20(19)26-15(3)21(22)23(24(28)29)30-12-18-10-14(2)31-27-18/h4-11,23H,12H2,1-3H3,(H,28,29). The largest absolute Gasteiger partial charge is 0.479 e. The molecule has 0 radical (unpaired) electrons. The average molecular weight is 481 g/mol. The molecule has 1 unspecified atom stereocenters. The molecular weight excluding hydrogens is 460 g/mol. The predicted molar refractivity (Wildman–Crippen MR) is 121 cm³/mol. The number of halogens is 1. The van der Waals surface area contributed by atoms with Gasteiger partial charge in [-0.05, 0) is 50.1 Å². The van der Waals surface area contributed by atoms with E-state index in [1.54, 1.807) is 13.0 Å². The number of carboxylic acids is 1. The monoisotopic (exact) mass is 480 g/mol. The molecule has 0 saturated carbocycles. The number of benzene rings is 2. The van der Waals surface area contributed by atoms with E-state index in [-0.39, 0.29) is 6.61 Å². The SMILES string of the molecule is Cc1ccc(-c2c(C(OCc3cc(C)on3)C(=O)O)c(C)nc3ccc(Br)cc23)cc1. The van der Waals surface area contributed by atoms with Crippen LogP contribution in [-0.2, 0) is 16.1 Å². The summed E-state index contributed by atoms with van der Waals surface area (Å²) in [5, 5.41) is 14.8. The summed E-state index contributed by atoms with van der Waals surface area (Å²) >= 11 is 3.53. The Morgan fingerprint density at radius 2 is 1.87 bits per heavy atom. The topological polar surface area (TPSA) is 85.5 Å². The lowest BCUT2D eigenvalue weighted by Crippen LogP contribution is -2.18. The van der Waals surface area contributed by atoms with Gasteiger partial charge in [0, 0.05) is 27.2 Å². The zero-order chi connectivity index (χ0) is 22.1. The molecule has 1 N–H and O–H groups in total. The van der Waals surface area contributed by atoms with Gasteiger partial charge in [0.1, 0.15) is 11.5 Å². The highest BCUT2D eigenvalue weighted by atomic mass is 79.9. The molecule has 4 rings (SSSR count). The molecule has 1 atom stereocenters. The summed E-state index contributed by atoms with van der Waals surface area (Å²) in [6, 6.07) is 15.5. The van der Waals surface area contributed by atoms with Gasteiger partial charge in [0.15, 0.2) is 6.10 Å². The second-order valence-electron chi connectivity index (χ2n) is 7.47. The average Bonchev–Trinajstić information content (AvgIpc) is 3.14. The molecule has 4 aromatic rings. The molecule has 2 heterocycles. The third-order valence-corrected chi connectivity index (χ3v) is 5.57. The number of pyridine rings is 1. The van der Waals surface area contributed by atoms with E-state index in [0.29, 0.717) is 22.7 Å². The summed E-state index contributed by atoms with van der Waals surface area (Å²) < 4.78 is 11.8. The number of hydrogen-bond acceptors (Lipinski definition) is 5. The zero-order valence-electron chi connectivity index (χ0n) is 17.3. The van der Waals surface area contributed by atoms with Gasteiger partial charge in [-0.25, -0.2) is 4.79 Å². The van der Waals surface area contributed by atoms with E-state index in [0.717, 1.165) is 32.1 Å². The molecule has 0 amide bonds. The van der Waals surface area contributed by atoms with Gasteiger partial charge >= 0.3 is 5.97 Å². The lowest BCUT2D eigenvalue weighted by Gasteiger charge is -2.21. The number of fused-ring (bicyclic) bond motifs is 1. The minimum absolute atomic E-state index is 0.0115. The maximum absolute atomic E-state index is 12.3. The lowest BCUT2D eigenvalue weighted by molar-refractivity contribution is -0.152. The first-order chi connectivity index (χ1) is 14.8. The van der Waals surface area contributed by atoms with Crippen LogP contribution in [0.15, 0.2) is 57.5 Å². The first kappa shape index (κ1) is 21.2. The fraction of sp³-hybridized carbons (Fsp3) is 0.208. The number of carboxylic acid groups (broad SMARTS) is 1. The molecule has 0 aliphatic rings. The Labute approximate surface area is 188 Å². The van der Waals surface area contributed by atoms with Gasteiger partial charge in [0.05, 0.1) is 12.1 Å². The Morgan fingerprint density at radius 3 is 2.52 bits per heavy atom. The number of aryl methyl sites for hydroxylation is 3. The minimum Gasteiger partial charge on any atom is -0.479 e. The van der Waals surface area contributed by atoms with Crippen molar-refractivity contribution in [3.63, 3.8) is 0 Å². The van der Waals surface area contributed by atoms with Crippen LogP contribution < -0.4 is 0 Å². The van der Waals surface area contributed by atoms with Gasteiger partial charge in [0.25, 0.3) is 0 Å². The zero-order valence-corrected chi connectivity index (χ0v) is 18.9. The smallest absolute Gasteiger partial charge is 0.337 e. The number of rotatable bonds is 6. The maximum Gasteiger partial charge on any atom is 0.337 e. The molecule has 0 bridgehead atoms. The number of hydrogen-bond donors (Lipinski definition) is 1. The quantitative estimate of drug-likeness (QED) is 0.368. The van der Waals surface area contributed by atoms with Gasteiger partial charge < -0.3 is 14.4 Å². The maximum atomic E-state index is 12.3. The molecular formula is C24H21BrN2O4. The molecule has 2 aromatic heterocycles. The Balaban J connectivity index is 1.91. The summed E-state index contributed by atoms with van der Waals surface area (Å²) in [4.78, 5) is 17.0. The van der Waals surface area contributed by atoms with Crippen LogP contribution in [0.4, 0.5) is 0 Å². The van der Waals surface area contributed by atoms with Crippen LogP contribution in [0.2, 0.25) is 0 Å². The molecule has 2 aromatic carbocycles. The summed E-state index contributed by atoms with van der Waals surface area (Å²) in [5.41, 5.74) is 5.28. The third-order valence-electron chi connectivity index (χ3n) is 5.08. The van der Waals surface area contributed by atoms with Crippen molar-refractivity contribution in [3.8, 4) is 11.1 Å². The van der Waals surface area contributed by atoms with Crippen LogP contribution in [0, 0.1) is 20.8 Å². The van der Waals surface area contributed by atoms with Gasteiger partial charge in [0.2, 0.25) is 0 Å². The number of aliphatic carboxylic acids is 1. The van der Waals surface area contributed by atoms with E-state index in [1.165, 1.54) is 0 Å². The van der Waals surface area contributed by atoms with Crippen LogP contribution in [0.5, 0.6) is 0 Å².